The number of likely N-dealkylation sites (tertiary alicyclic amines) is 1. The lowest BCUT2D eigenvalue weighted by atomic mass is 9.97. The standard InChI is InChI=1S/C16H17IN2O/c1-3-12(8-18)16(20)19-9-14(15(17)10-19)13-6-4-5-11(2)7-13/h3-7,14-15H,9-10H2,1-2H3/b12-3+. The van der Waals surface area contributed by atoms with Crippen molar-refractivity contribution in [3.05, 3.63) is 47.0 Å². The van der Waals surface area contributed by atoms with Gasteiger partial charge in [-0.1, -0.05) is 58.5 Å². The molecule has 1 amide bonds. The molecule has 2 unspecified atom stereocenters. The average molecular weight is 380 g/mol. The van der Waals surface area contributed by atoms with Crippen LogP contribution in [0.1, 0.15) is 24.0 Å². The van der Waals surface area contributed by atoms with Crippen LogP contribution in [0.2, 0.25) is 0 Å². The van der Waals surface area contributed by atoms with Gasteiger partial charge in [0.05, 0.1) is 0 Å². The van der Waals surface area contributed by atoms with Crippen LogP contribution < -0.4 is 0 Å². The molecule has 4 heteroatoms. The van der Waals surface area contributed by atoms with Crippen LogP contribution >= 0.6 is 22.6 Å². The van der Waals surface area contributed by atoms with E-state index in [2.05, 4.69) is 53.8 Å². The van der Waals surface area contributed by atoms with Crippen molar-refractivity contribution >= 4 is 28.5 Å². The van der Waals surface area contributed by atoms with E-state index in [-0.39, 0.29) is 11.5 Å². The lowest BCUT2D eigenvalue weighted by Gasteiger charge is -2.16. The number of rotatable bonds is 2. The topological polar surface area (TPSA) is 44.1 Å². The number of hydrogen-bond acceptors (Lipinski definition) is 2. The zero-order valence-corrected chi connectivity index (χ0v) is 13.8. The quantitative estimate of drug-likeness (QED) is 0.342. The number of benzene rings is 1. The third-order valence-corrected chi connectivity index (χ3v) is 4.91. The van der Waals surface area contributed by atoms with Crippen LogP contribution in [0.5, 0.6) is 0 Å². The van der Waals surface area contributed by atoms with Gasteiger partial charge in [0.2, 0.25) is 0 Å². The molecule has 1 fully saturated rings. The SMILES string of the molecule is C/C=C(\C#N)C(=O)N1CC(I)C(c2cccc(C)c2)C1. The molecule has 1 saturated heterocycles. The highest BCUT2D eigenvalue weighted by atomic mass is 127. The monoisotopic (exact) mass is 380 g/mol. The number of carbonyl (C=O) groups excluding carboxylic acids is 1. The first kappa shape index (κ1) is 15.0. The van der Waals surface area contributed by atoms with E-state index in [4.69, 9.17) is 5.26 Å². The molecule has 2 rings (SSSR count). The van der Waals surface area contributed by atoms with Gasteiger partial charge in [-0.2, -0.15) is 5.26 Å². The van der Waals surface area contributed by atoms with Crippen molar-refractivity contribution in [3.63, 3.8) is 0 Å². The van der Waals surface area contributed by atoms with E-state index in [9.17, 15) is 4.79 Å². The van der Waals surface area contributed by atoms with Gasteiger partial charge in [-0.15, -0.1) is 0 Å². The number of amides is 1. The maximum absolute atomic E-state index is 12.2. The van der Waals surface area contributed by atoms with Crippen molar-refractivity contribution in [1.29, 1.82) is 5.26 Å². The molecule has 0 aliphatic carbocycles. The number of carbonyl (C=O) groups is 1. The first-order valence-corrected chi connectivity index (χ1v) is 7.87. The van der Waals surface area contributed by atoms with Crippen molar-refractivity contribution in [2.24, 2.45) is 0 Å². The van der Waals surface area contributed by atoms with Gasteiger partial charge in [-0.25, -0.2) is 0 Å². The minimum Gasteiger partial charge on any atom is -0.336 e. The summed E-state index contributed by atoms with van der Waals surface area (Å²) in [5.74, 6) is 0.197. The molecule has 0 N–H and O–H groups in total. The van der Waals surface area contributed by atoms with Gasteiger partial charge in [-0.3, -0.25) is 4.79 Å². The zero-order chi connectivity index (χ0) is 14.7. The summed E-state index contributed by atoms with van der Waals surface area (Å²) in [5.41, 5.74) is 2.75. The largest absolute Gasteiger partial charge is 0.336 e. The highest BCUT2D eigenvalue weighted by Gasteiger charge is 2.35. The van der Waals surface area contributed by atoms with E-state index in [1.54, 1.807) is 17.9 Å². The Kier molecular flexibility index (Phi) is 4.81. The Bertz CT molecular complexity index is 588. The maximum atomic E-state index is 12.2. The van der Waals surface area contributed by atoms with Crippen LogP contribution in [0.4, 0.5) is 0 Å². The van der Waals surface area contributed by atoms with E-state index < -0.39 is 0 Å². The summed E-state index contributed by atoms with van der Waals surface area (Å²) in [4.78, 5) is 14.0. The van der Waals surface area contributed by atoms with E-state index >= 15 is 0 Å². The summed E-state index contributed by atoms with van der Waals surface area (Å²) in [6.07, 6.45) is 1.59. The molecule has 1 aromatic rings. The van der Waals surface area contributed by atoms with Crippen LogP contribution in [-0.4, -0.2) is 27.8 Å². The molecule has 3 nitrogen and oxygen atoms in total. The summed E-state index contributed by atoms with van der Waals surface area (Å²) < 4.78 is 0.384. The van der Waals surface area contributed by atoms with Gasteiger partial charge in [0.25, 0.3) is 5.91 Å². The highest BCUT2D eigenvalue weighted by Crippen LogP contribution is 2.33. The zero-order valence-electron chi connectivity index (χ0n) is 11.6. The lowest BCUT2D eigenvalue weighted by molar-refractivity contribution is -0.125. The van der Waals surface area contributed by atoms with E-state index in [1.807, 2.05) is 6.07 Å². The summed E-state index contributed by atoms with van der Waals surface area (Å²) in [7, 11) is 0. The Morgan fingerprint density at radius 1 is 1.50 bits per heavy atom. The second-order valence-corrected chi connectivity index (χ2v) is 6.66. The van der Waals surface area contributed by atoms with Crippen molar-refractivity contribution in [2.45, 2.75) is 23.7 Å². The van der Waals surface area contributed by atoms with Crippen LogP contribution in [0.15, 0.2) is 35.9 Å². The number of allylic oxidation sites excluding steroid dienone is 1. The molecular weight excluding hydrogens is 363 g/mol. The molecule has 1 aliphatic heterocycles. The van der Waals surface area contributed by atoms with Gasteiger partial charge in [0.1, 0.15) is 11.6 Å². The van der Waals surface area contributed by atoms with Gasteiger partial charge >= 0.3 is 0 Å². The Balaban J connectivity index is 2.18. The molecule has 20 heavy (non-hydrogen) atoms. The smallest absolute Gasteiger partial charge is 0.264 e. The fraction of sp³-hybridized carbons (Fsp3) is 0.375. The normalized spacial score (nSPS) is 22.7. The summed E-state index contributed by atoms with van der Waals surface area (Å²) in [6.45, 7) is 5.20. The maximum Gasteiger partial charge on any atom is 0.264 e. The Morgan fingerprint density at radius 2 is 2.25 bits per heavy atom. The first-order valence-electron chi connectivity index (χ1n) is 6.63. The van der Waals surface area contributed by atoms with Crippen LogP contribution in [0, 0.1) is 18.3 Å². The lowest BCUT2D eigenvalue weighted by Crippen LogP contribution is -2.30. The molecular formula is C16H17IN2O. The van der Waals surface area contributed by atoms with Crippen LogP contribution in [-0.2, 0) is 4.79 Å². The number of aryl methyl sites for hydroxylation is 1. The van der Waals surface area contributed by atoms with Gasteiger partial charge < -0.3 is 4.90 Å². The van der Waals surface area contributed by atoms with Gasteiger partial charge in [-0.05, 0) is 19.4 Å². The highest BCUT2D eigenvalue weighted by molar-refractivity contribution is 14.1. The number of halogens is 1. The molecule has 0 spiro atoms. The molecule has 2 atom stereocenters. The molecule has 0 bridgehead atoms. The summed E-state index contributed by atoms with van der Waals surface area (Å²) in [5, 5.41) is 8.97. The number of alkyl halides is 1. The Labute approximate surface area is 133 Å². The van der Waals surface area contributed by atoms with E-state index in [1.165, 1.54) is 11.1 Å². The molecule has 1 aromatic carbocycles. The van der Waals surface area contributed by atoms with Crippen LogP contribution in [0.3, 0.4) is 0 Å². The van der Waals surface area contributed by atoms with Gasteiger partial charge in [0.15, 0.2) is 0 Å². The predicted molar refractivity (Wildman–Crippen MR) is 87.7 cm³/mol. The van der Waals surface area contributed by atoms with Gasteiger partial charge in [0, 0.05) is 22.9 Å². The minimum atomic E-state index is -0.146. The van der Waals surface area contributed by atoms with E-state index in [0.29, 0.717) is 22.9 Å². The Morgan fingerprint density at radius 3 is 2.85 bits per heavy atom. The minimum absolute atomic E-state index is 0.146. The fourth-order valence-corrected chi connectivity index (χ4v) is 3.67. The fourth-order valence-electron chi connectivity index (χ4n) is 2.55. The molecule has 1 heterocycles. The Hall–Kier alpha value is -1.35. The van der Waals surface area contributed by atoms with Crippen molar-refractivity contribution in [1.82, 2.24) is 4.90 Å². The summed E-state index contributed by atoms with van der Waals surface area (Å²) >= 11 is 2.41. The molecule has 1 aliphatic rings. The van der Waals surface area contributed by atoms with Crippen molar-refractivity contribution in [3.8, 4) is 6.07 Å². The third kappa shape index (κ3) is 3.04. The molecule has 0 aromatic heterocycles. The number of nitrogens with zero attached hydrogens (tertiary/aromatic N) is 2. The predicted octanol–water partition coefficient (Wildman–Crippen LogP) is 3.19. The number of nitriles is 1. The van der Waals surface area contributed by atoms with Crippen molar-refractivity contribution < 1.29 is 4.79 Å². The molecule has 0 radical (unpaired) electrons. The third-order valence-electron chi connectivity index (χ3n) is 3.65. The summed E-state index contributed by atoms with van der Waals surface area (Å²) in [6, 6.07) is 10.4. The van der Waals surface area contributed by atoms with E-state index in [0.717, 1.165) is 0 Å². The molecule has 0 saturated carbocycles. The van der Waals surface area contributed by atoms with Crippen LogP contribution in [0.25, 0.3) is 0 Å². The second kappa shape index (κ2) is 6.40. The van der Waals surface area contributed by atoms with Crippen molar-refractivity contribution in [2.75, 3.05) is 13.1 Å². The molecule has 104 valence electrons. The average Bonchev–Trinajstić information content (AvgIpc) is 2.82. The number of hydrogen-bond donors (Lipinski definition) is 0. The first-order chi connectivity index (χ1) is 9.56. The second-order valence-electron chi connectivity index (χ2n) is 5.06.